The van der Waals surface area contributed by atoms with Gasteiger partial charge in [-0.05, 0) is 74.4 Å². The second kappa shape index (κ2) is 6.09. The molecule has 1 aromatic heterocycles. The van der Waals surface area contributed by atoms with Gasteiger partial charge in [0.05, 0.1) is 0 Å². The van der Waals surface area contributed by atoms with Crippen LogP contribution in [-0.4, -0.2) is 29.5 Å². The van der Waals surface area contributed by atoms with Crippen LogP contribution >= 0.6 is 0 Å². The summed E-state index contributed by atoms with van der Waals surface area (Å²) in [5.74, 6) is 0. The van der Waals surface area contributed by atoms with E-state index >= 15 is 0 Å². The Kier molecular flexibility index (Phi) is 3.94. The van der Waals surface area contributed by atoms with E-state index < -0.39 is 0 Å². The largest absolute Gasteiger partial charge is 0.303 e. The molecule has 0 saturated carbocycles. The summed E-state index contributed by atoms with van der Waals surface area (Å²) in [5.41, 5.74) is 6.10. The second-order valence-corrected chi connectivity index (χ2v) is 7.30. The number of pyridine rings is 1. The SMILES string of the molecule is Cc1cccc(CCN2CCC3(CCc4ccccc43)CC2)n1. The Hall–Kier alpha value is -1.67. The number of nitrogens with zero attached hydrogens (tertiary/aromatic N) is 2. The molecule has 1 aromatic carbocycles. The Morgan fingerprint density at radius 2 is 1.83 bits per heavy atom. The Labute approximate surface area is 139 Å². The monoisotopic (exact) mass is 306 g/mol. The van der Waals surface area contributed by atoms with E-state index in [4.69, 9.17) is 0 Å². The lowest BCUT2D eigenvalue weighted by atomic mass is 9.74. The van der Waals surface area contributed by atoms with Crippen molar-refractivity contribution in [3.8, 4) is 0 Å². The van der Waals surface area contributed by atoms with Crippen molar-refractivity contribution in [2.45, 2.75) is 44.4 Å². The molecule has 0 bridgehead atoms. The predicted molar refractivity (Wildman–Crippen MR) is 94.8 cm³/mol. The van der Waals surface area contributed by atoms with Crippen LogP contribution in [0.15, 0.2) is 42.5 Å². The average molecular weight is 306 g/mol. The van der Waals surface area contributed by atoms with E-state index in [1.807, 2.05) is 0 Å². The van der Waals surface area contributed by atoms with Crippen molar-refractivity contribution in [3.63, 3.8) is 0 Å². The van der Waals surface area contributed by atoms with Crippen molar-refractivity contribution in [3.05, 3.63) is 65.0 Å². The first kappa shape index (κ1) is 14.9. The molecule has 0 atom stereocenters. The summed E-state index contributed by atoms with van der Waals surface area (Å²) in [7, 11) is 0. The van der Waals surface area contributed by atoms with Crippen molar-refractivity contribution < 1.29 is 0 Å². The van der Waals surface area contributed by atoms with E-state index in [-0.39, 0.29) is 0 Å². The van der Waals surface area contributed by atoms with E-state index in [9.17, 15) is 0 Å². The first-order valence-electron chi connectivity index (χ1n) is 8.99. The zero-order valence-corrected chi connectivity index (χ0v) is 14.1. The summed E-state index contributed by atoms with van der Waals surface area (Å²) >= 11 is 0. The number of aromatic nitrogens is 1. The van der Waals surface area contributed by atoms with E-state index in [0.29, 0.717) is 5.41 Å². The highest BCUT2D eigenvalue weighted by molar-refractivity contribution is 5.39. The molecular weight excluding hydrogens is 280 g/mol. The summed E-state index contributed by atoms with van der Waals surface area (Å²) in [6, 6.07) is 15.5. The molecule has 0 N–H and O–H groups in total. The summed E-state index contributed by atoms with van der Waals surface area (Å²) < 4.78 is 0. The maximum absolute atomic E-state index is 4.63. The van der Waals surface area contributed by atoms with Crippen molar-refractivity contribution >= 4 is 0 Å². The van der Waals surface area contributed by atoms with Gasteiger partial charge in [0.1, 0.15) is 0 Å². The van der Waals surface area contributed by atoms with Gasteiger partial charge >= 0.3 is 0 Å². The molecule has 0 radical (unpaired) electrons. The normalized spacial score (nSPS) is 19.9. The Bertz CT molecular complexity index is 684. The van der Waals surface area contributed by atoms with Gasteiger partial charge in [0, 0.05) is 24.4 Å². The first-order chi connectivity index (χ1) is 11.3. The predicted octanol–water partition coefficient (Wildman–Crippen LogP) is 3.91. The number of hydrogen-bond donors (Lipinski definition) is 0. The van der Waals surface area contributed by atoms with Crippen LogP contribution in [0.3, 0.4) is 0 Å². The fourth-order valence-corrected chi connectivity index (χ4v) is 4.50. The van der Waals surface area contributed by atoms with E-state index in [1.165, 1.54) is 44.5 Å². The van der Waals surface area contributed by atoms with Gasteiger partial charge in [0.15, 0.2) is 0 Å². The van der Waals surface area contributed by atoms with Crippen LogP contribution in [-0.2, 0) is 18.3 Å². The molecule has 1 spiro atoms. The van der Waals surface area contributed by atoms with Gasteiger partial charge in [-0.1, -0.05) is 30.3 Å². The molecule has 2 heterocycles. The second-order valence-electron chi connectivity index (χ2n) is 7.30. The van der Waals surface area contributed by atoms with Gasteiger partial charge in [-0.15, -0.1) is 0 Å². The maximum Gasteiger partial charge on any atom is 0.0419 e. The van der Waals surface area contributed by atoms with Crippen LogP contribution < -0.4 is 0 Å². The minimum absolute atomic E-state index is 0.481. The maximum atomic E-state index is 4.63. The molecule has 2 heteroatoms. The molecule has 23 heavy (non-hydrogen) atoms. The molecule has 120 valence electrons. The zero-order chi connectivity index (χ0) is 15.7. The molecule has 1 aliphatic heterocycles. The number of likely N-dealkylation sites (tertiary alicyclic amines) is 1. The highest BCUT2D eigenvalue weighted by atomic mass is 15.1. The molecule has 0 amide bonds. The lowest BCUT2D eigenvalue weighted by Gasteiger charge is -2.40. The smallest absolute Gasteiger partial charge is 0.0419 e. The fourth-order valence-electron chi connectivity index (χ4n) is 4.50. The number of fused-ring (bicyclic) bond motifs is 2. The fraction of sp³-hybridized carbons (Fsp3) is 0.476. The topological polar surface area (TPSA) is 16.1 Å². The zero-order valence-electron chi connectivity index (χ0n) is 14.1. The molecule has 4 rings (SSSR count). The van der Waals surface area contributed by atoms with Gasteiger partial charge in [0.2, 0.25) is 0 Å². The van der Waals surface area contributed by atoms with Crippen LogP contribution in [0.5, 0.6) is 0 Å². The van der Waals surface area contributed by atoms with Crippen LogP contribution in [0.2, 0.25) is 0 Å². The van der Waals surface area contributed by atoms with Gasteiger partial charge < -0.3 is 4.90 Å². The summed E-state index contributed by atoms with van der Waals surface area (Å²) in [6.07, 6.45) is 6.37. The lowest BCUT2D eigenvalue weighted by Crippen LogP contribution is -2.42. The first-order valence-corrected chi connectivity index (χ1v) is 8.99. The van der Waals surface area contributed by atoms with Crippen LogP contribution in [0.25, 0.3) is 0 Å². The summed E-state index contributed by atoms with van der Waals surface area (Å²) in [6.45, 7) is 5.69. The van der Waals surface area contributed by atoms with Gasteiger partial charge in [-0.25, -0.2) is 0 Å². The summed E-state index contributed by atoms with van der Waals surface area (Å²) in [4.78, 5) is 7.27. The minimum atomic E-state index is 0.481. The Morgan fingerprint density at radius 3 is 2.65 bits per heavy atom. The highest BCUT2D eigenvalue weighted by Crippen LogP contribution is 2.46. The quantitative estimate of drug-likeness (QED) is 0.854. The molecule has 2 nitrogen and oxygen atoms in total. The number of hydrogen-bond acceptors (Lipinski definition) is 2. The van der Waals surface area contributed by atoms with Crippen molar-refractivity contribution in [2.24, 2.45) is 0 Å². The molecule has 2 aromatic rings. The van der Waals surface area contributed by atoms with Crippen LogP contribution in [0, 0.1) is 6.92 Å². The Morgan fingerprint density at radius 1 is 1.00 bits per heavy atom. The lowest BCUT2D eigenvalue weighted by molar-refractivity contribution is 0.159. The van der Waals surface area contributed by atoms with E-state index in [2.05, 4.69) is 59.3 Å². The van der Waals surface area contributed by atoms with E-state index in [1.54, 1.807) is 11.1 Å². The minimum Gasteiger partial charge on any atom is -0.303 e. The van der Waals surface area contributed by atoms with E-state index in [0.717, 1.165) is 18.7 Å². The van der Waals surface area contributed by atoms with Crippen LogP contribution in [0.1, 0.15) is 41.8 Å². The van der Waals surface area contributed by atoms with Crippen LogP contribution in [0.4, 0.5) is 0 Å². The highest BCUT2D eigenvalue weighted by Gasteiger charge is 2.40. The molecule has 0 unspecified atom stereocenters. The Balaban J connectivity index is 1.37. The van der Waals surface area contributed by atoms with Crippen molar-refractivity contribution in [1.29, 1.82) is 0 Å². The van der Waals surface area contributed by atoms with Gasteiger partial charge in [-0.2, -0.15) is 0 Å². The number of aryl methyl sites for hydroxylation is 2. The molecule has 2 aliphatic rings. The third-order valence-corrected chi connectivity index (χ3v) is 5.90. The number of piperidine rings is 1. The number of benzene rings is 1. The molecule has 1 aliphatic carbocycles. The molecule has 1 fully saturated rings. The van der Waals surface area contributed by atoms with Gasteiger partial charge in [0.25, 0.3) is 0 Å². The van der Waals surface area contributed by atoms with Gasteiger partial charge in [-0.3, -0.25) is 4.98 Å². The summed E-state index contributed by atoms with van der Waals surface area (Å²) in [5, 5.41) is 0. The molecular formula is C21H26N2. The third kappa shape index (κ3) is 2.92. The molecule has 1 saturated heterocycles. The van der Waals surface area contributed by atoms with Crippen molar-refractivity contribution in [1.82, 2.24) is 9.88 Å². The third-order valence-electron chi connectivity index (χ3n) is 5.90. The van der Waals surface area contributed by atoms with Crippen molar-refractivity contribution in [2.75, 3.05) is 19.6 Å². The number of rotatable bonds is 3. The standard InChI is InChI=1S/C21H26N2/c1-17-5-4-7-19(22-17)10-14-23-15-12-21(13-16-23)11-9-18-6-2-3-8-20(18)21/h2-8H,9-16H2,1H3. The average Bonchev–Trinajstić information content (AvgIpc) is 2.94.